The lowest BCUT2D eigenvalue weighted by Crippen LogP contribution is -2.59. The number of likely N-dealkylation sites (tertiary alicyclic amines) is 1. The van der Waals surface area contributed by atoms with Gasteiger partial charge in [0.15, 0.2) is 0 Å². The monoisotopic (exact) mass is 318 g/mol. The number of nitrogens with one attached hydrogen (secondary N) is 2. The van der Waals surface area contributed by atoms with Crippen LogP contribution in [0.25, 0.3) is 0 Å². The van der Waals surface area contributed by atoms with Gasteiger partial charge in [-0.2, -0.15) is 0 Å². The van der Waals surface area contributed by atoms with Crippen LogP contribution in [0.3, 0.4) is 0 Å². The molecule has 2 aliphatic rings. The molecule has 6 nitrogen and oxygen atoms in total. The van der Waals surface area contributed by atoms with E-state index in [4.69, 9.17) is 5.73 Å². The Morgan fingerprint density at radius 1 is 1.33 bits per heavy atom. The molecule has 1 unspecified atom stereocenters. The lowest BCUT2D eigenvalue weighted by atomic mass is 9.95. The first-order valence-electron chi connectivity index (χ1n) is 7.67. The normalized spacial score (nSPS) is 23.5. The zero-order chi connectivity index (χ0) is 14.6. The lowest BCUT2D eigenvalue weighted by Gasteiger charge is -2.33. The van der Waals surface area contributed by atoms with E-state index in [0.29, 0.717) is 19.0 Å². The largest absolute Gasteiger partial charge is 0.340 e. The van der Waals surface area contributed by atoms with Crippen LogP contribution in [0.4, 0.5) is 4.79 Å². The molecule has 122 valence electrons. The van der Waals surface area contributed by atoms with Crippen LogP contribution in [0.2, 0.25) is 0 Å². The minimum atomic E-state index is -0.692. The van der Waals surface area contributed by atoms with Crippen molar-refractivity contribution < 1.29 is 9.59 Å². The highest BCUT2D eigenvalue weighted by atomic mass is 35.5. The van der Waals surface area contributed by atoms with E-state index in [1.807, 2.05) is 11.8 Å². The fourth-order valence-electron chi connectivity index (χ4n) is 3.31. The molecule has 0 aromatic rings. The second kappa shape index (κ2) is 7.84. The van der Waals surface area contributed by atoms with Crippen LogP contribution in [-0.2, 0) is 4.79 Å². The Hall–Kier alpha value is -1.01. The summed E-state index contributed by atoms with van der Waals surface area (Å²) < 4.78 is 0. The van der Waals surface area contributed by atoms with Crippen LogP contribution >= 0.6 is 12.4 Å². The van der Waals surface area contributed by atoms with Gasteiger partial charge in [-0.3, -0.25) is 4.79 Å². The van der Waals surface area contributed by atoms with Crippen molar-refractivity contribution in [3.05, 3.63) is 0 Å². The van der Waals surface area contributed by atoms with Crippen LogP contribution < -0.4 is 16.4 Å². The number of nitrogens with zero attached hydrogens (tertiary/aromatic N) is 1. The van der Waals surface area contributed by atoms with Crippen LogP contribution in [0, 0.1) is 5.92 Å². The third kappa shape index (κ3) is 4.01. The number of carbonyl (C=O) groups excluding carboxylic acids is 2. The highest BCUT2D eigenvalue weighted by Crippen LogP contribution is 2.33. The van der Waals surface area contributed by atoms with Gasteiger partial charge in [-0.1, -0.05) is 12.8 Å². The van der Waals surface area contributed by atoms with Gasteiger partial charge in [0, 0.05) is 19.6 Å². The standard InChI is InChI=1S/C14H26N4O2.ClH/c1-2-16-13(20)17-14(6-3-4-7-14)12(19)18-8-5-11(9-15)10-18;/h11H,2-10,15H2,1H3,(H2,16,17,20);1H. The number of carbonyl (C=O) groups is 2. The fraction of sp³-hybridized carbons (Fsp3) is 0.857. The molecule has 2 fully saturated rings. The van der Waals surface area contributed by atoms with Gasteiger partial charge in [-0.25, -0.2) is 4.79 Å². The lowest BCUT2D eigenvalue weighted by molar-refractivity contribution is -0.136. The topological polar surface area (TPSA) is 87.5 Å². The van der Waals surface area contributed by atoms with Crippen LogP contribution in [-0.4, -0.2) is 48.6 Å². The van der Waals surface area contributed by atoms with Crippen molar-refractivity contribution >= 4 is 24.3 Å². The molecule has 0 bridgehead atoms. The summed E-state index contributed by atoms with van der Waals surface area (Å²) in [7, 11) is 0. The van der Waals surface area contributed by atoms with Gasteiger partial charge in [0.25, 0.3) is 0 Å². The summed E-state index contributed by atoms with van der Waals surface area (Å²) in [4.78, 5) is 26.5. The van der Waals surface area contributed by atoms with Crippen molar-refractivity contribution in [3.8, 4) is 0 Å². The van der Waals surface area contributed by atoms with E-state index in [9.17, 15) is 9.59 Å². The molecule has 1 atom stereocenters. The molecule has 0 aromatic heterocycles. The quantitative estimate of drug-likeness (QED) is 0.718. The van der Waals surface area contributed by atoms with E-state index in [2.05, 4.69) is 10.6 Å². The van der Waals surface area contributed by atoms with Crippen LogP contribution in [0.1, 0.15) is 39.0 Å². The molecule has 1 aliphatic heterocycles. The number of urea groups is 1. The van der Waals surface area contributed by atoms with Crippen molar-refractivity contribution in [1.82, 2.24) is 15.5 Å². The Kier molecular flexibility index (Phi) is 6.74. The molecule has 1 saturated heterocycles. The van der Waals surface area contributed by atoms with Gasteiger partial charge in [-0.15, -0.1) is 12.4 Å². The Bertz CT molecular complexity index is 372. The van der Waals surface area contributed by atoms with Gasteiger partial charge in [0.05, 0.1) is 0 Å². The maximum Gasteiger partial charge on any atom is 0.315 e. The number of amides is 3. The summed E-state index contributed by atoms with van der Waals surface area (Å²) in [6.45, 7) is 4.55. The molecule has 1 heterocycles. The number of hydrogen-bond acceptors (Lipinski definition) is 3. The van der Waals surface area contributed by atoms with Crippen molar-refractivity contribution in [2.75, 3.05) is 26.2 Å². The number of halogens is 1. The molecule has 1 aliphatic carbocycles. The summed E-state index contributed by atoms with van der Waals surface area (Å²) in [6.07, 6.45) is 4.44. The Morgan fingerprint density at radius 2 is 2.00 bits per heavy atom. The first-order valence-corrected chi connectivity index (χ1v) is 7.67. The molecule has 0 spiro atoms. The zero-order valence-electron chi connectivity index (χ0n) is 12.7. The summed E-state index contributed by atoms with van der Waals surface area (Å²) >= 11 is 0. The highest BCUT2D eigenvalue weighted by molar-refractivity contribution is 5.91. The van der Waals surface area contributed by atoms with E-state index < -0.39 is 5.54 Å². The first kappa shape index (κ1) is 18.0. The fourth-order valence-corrected chi connectivity index (χ4v) is 3.31. The predicted octanol–water partition coefficient (Wildman–Crippen LogP) is 0.847. The number of rotatable bonds is 4. The third-order valence-electron chi connectivity index (χ3n) is 4.46. The average molecular weight is 319 g/mol. The maximum atomic E-state index is 12.8. The van der Waals surface area contributed by atoms with E-state index in [-0.39, 0.29) is 24.3 Å². The second-order valence-electron chi connectivity index (χ2n) is 5.92. The molecule has 3 amide bonds. The smallest absolute Gasteiger partial charge is 0.315 e. The van der Waals surface area contributed by atoms with E-state index in [1.165, 1.54) is 0 Å². The van der Waals surface area contributed by atoms with Gasteiger partial charge >= 0.3 is 6.03 Å². The molecular formula is C14H27ClN4O2. The SMILES string of the molecule is CCNC(=O)NC1(C(=O)N2CCC(CN)C2)CCCC1.Cl. The summed E-state index contributed by atoms with van der Waals surface area (Å²) in [6, 6.07) is -0.239. The Balaban J connectivity index is 0.00000220. The highest BCUT2D eigenvalue weighted by Gasteiger charge is 2.45. The molecule has 4 N–H and O–H groups in total. The summed E-state index contributed by atoms with van der Waals surface area (Å²) in [5, 5.41) is 5.65. The maximum absolute atomic E-state index is 12.8. The van der Waals surface area contributed by atoms with Gasteiger partial charge in [-0.05, 0) is 38.6 Å². The third-order valence-corrected chi connectivity index (χ3v) is 4.46. The van der Waals surface area contributed by atoms with Gasteiger partial charge < -0.3 is 21.3 Å². The molecule has 2 rings (SSSR count). The minimum absolute atomic E-state index is 0. The first-order chi connectivity index (χ1) is 9.61. The molecule has 0 radical (unpaired) electrons. The predicted molar refractivity (Wildman–Crippen MR) is 84.4 cm³/mol. The molecule has 0 aromatic carbocycles. The molecule has 21 heavy (non-hydrogen) atoms. The van der Waals surface area contributed by atoms with Crippen LogP contribution in [0.15, 0.2) is 0 Å². The second-order valence-corrected chi connectivity index (χ2v) is 5.92. The molecule has 7 heteroatoms. The van der Waals surface area contributed by atoms with E-state index >= 15 is 0 Å². The Morgan fingerprint density at radius 3 is 2.52 bits per heavy atom. The van der Waals surface area contributed by atoms with Crippen molar-refractivity contribution in [3.63, 3.8) is 0 Å². The average Bonchev–Trinajstić information content (AvgIpc) is 3.07. The zero-order valence-corrected chi connectivity index (χ0v) is 13.5. The summed E-state index contributed by atoms with van der Waals surface area (Å²) in [5.74, 6) is 0.485. The molecular weight excluding hydrogens is 292 g/mol. The molecule has 1 saturated carbocycles. The number of nitrogens with two attached hydrogens (primary N) is 1. The van der Waals surface area contributed by atoms with E-state index in [0.717, 1.165) is 45.2 Å². The number of hydrogen-bond donors (Lipinski definition) is 3. The van der Waals surface area contributed by atoms with Gasteiger partial charge in [0.2, 0.25) is 5.91 Å². The van der Waals surface area contributed by atoms with Crippen molar-refractivity contribution in [1.29, 1.82) is 0 Å². The van der Waals surface area contributed by atoms with Crippen LogP contribution in [0.5, 0.6) is 0 Å². The van der Waals surface area contributed by atoms with E-state index in [1.54, 1.807) is 0 Å². The summed E-state index contributed by atoms with van der Waals surface area (Å²) in [5.41, 5.74) is 4.99. The van der Waals surface area contributed by atoms with Crippen molar-refractivity contribution in [2.45, 2.75) is 44.6 Å². The minimum Gasteiger partial charge on any atom is -0.340 e. The Labute approximate surface area is 132 Å². The van der Waals surface area contributed by atoms with Gasteiger partial charge in [0.1, 0.15) is 5.54 Å². The van der Waals surface area contributed by atoms with Crippen molar-refractivity contribution in [2.24, 2.45) is 11.7 Å².